The molecule has 0 radical (unpaired) electrons. The molecule has 2 rings (SSSR count). The van der Waals surface area contributed by atoms with E-state index in [2.05, 4.69) is 16.4 Å². The highest BCUT2D eigenvalue weighted by Gasteiger charge is 2.28. The van der Waals surface area contributed by atoms with Gasteiger partial charge in [-0.1, -0.05) is 6.07 Å². The molecule has 14 heavy (non-hydrogen) atoms. The van der Waals surface area contributed by atoms with Crippen LogP contribution in [0, 0.1) is 5.92 Å². The molecule has 0 saturated carbocycles. The first-order valence-corrected chi connectivity index (χ1v) is 5.02. The van der Waals surface area contributed by atoms with Crippen molar-refractivity contribution in [2.24, 2.45) is 5.92 Å². The molecule has 0 bridgehead atoms. The Hall–Kier alpha value is -0.930. The summed E-state index contributed by atoms with van der Waals surface area (Å²) in [4.78, 5) is 4.40. The van der Waals surface area contributed by atoms with Gasteiger partial charge in [0.15, 0.2) is 0 Å². The lowest BCUT2D eigenvalue weighted by atomic mass is 9.93. The van der Waals surface area contributed by atoms with Gasteiger partial charge in [-0.05, 0) is 12.1 Å². The monoisotopic (exact) mass is 192 g/mol. The smallest absolute Gasteiger partial charge is 0.0509 e. The minimum absolute atomic E-state index is 0.510. The Morgan fingerprint density at radius 3 is 3.14 bits per heavy atom. The second-order valence-electron chi connectivity index (χ2n) is 3.73. The van der Waals surface area contributed by atoms with Crippen molar-refractivity contribution in [3.63, 3.8) is 0 Å². The van der Waals surface area contributed by atoms with Crippen molar-refractivity contribution in [2.75, 3.05) is 26.8 Å². The zero-order chi connectivity index (χ0) is 9.80. The van der Waals surface area contributed by atoms with Crippen LogP contribution in [0.5, 0.6) is 0 Å². The molecule has 1 aliphatic rings. The molecule has 0 aliphatic carbocycles. The molecule has 3 nitrogen and oxygen atoms in total. The molecule has 0 unspecified atom stereocenters. The molecule has 1 aromatic heterocycles. The molecule has 2 atom stereocenters. The minimum atomic E-state index is 0.510. The highest BCUT2D eigenvalue weighted by atomic mass is 16.5. The average Bonchev–Trinajstić information content (AvgIpc) is 2.68. The molecule has 1 N–H and O–H groups in total. The normalized spacial score (nSPS) is 26.6. The molecule has 0 aromatic carbocycles. The quantitative estimate of drug-likeness (QED) is 0.776. The first kappa shape index (κ1) is 9.62. The highest BCUT2D eigenvalue weighted by Crippen LogP contribution is 2.26. The van der Waals surface area contributed by atoms with Gasteiger partial charge in [0.25, 0.3) is 0 Å². The second-order valence-corrected chi connectivity index (χ2v) is 3.73. The maximum atomic E-state index is 5.21. The first-order chi connectivity index (χ1) is 6.92. The molecule has 1 aliphatic heterocycles. The van der Waals surface area contributed by atoms with E-state index in [1.165, 1.54) is 5.69 Å². The topological polar surface area (TPSA) is 34.1 Å². The Kier molecular flexibility index (Phi) is 3.11. The Labute approximate surface area is 84.5 Å². The maximum absolute atomic E-state index is 5.21. The zero-order valence-corrected chi connectivity index (χ0v) is 8.44. The molecule has 76 valence electrons. The third-order valence-electron chi connectivity index (χ3n) is 2.79. The van der Waals surface area contributed by atoms with Gasteiger partial charge in [-0.2, -0.15) is 0 Å². The predicted octanol–water partition coefficient (Wildman–Crippen LogP) is 1.03. The molecule has 0 amide bonds. The van der Waals surface area contributed by atoms with Crippen LogP contribution < -0.4 is 5.32 Å². The number of nitrogens with zero attached hydrogens (tertiary/aromatic N) is 1. The second kappa shape index (κ2) is 4.53. The molecule has 1 aromatic rings. The maximum Gasteiger partial charge on any atom is 0.0509 e. The van der Waals surface area contributed by atoms with Crippen LogP contribution in [0.15, 0.2) is 24.4 Å². The van der Waals surface area contributed by atoms with Gasteiger partial charge >= 0.3 is 0 Å². The Balaban J connectivity index is 2.10. The summed E-state index contributed by atoms with van der Waals surface area (Å²) in [5, 5.41) is 3.39. The SMILES string of the molecule is COC[C@@H]1CNC[C@H]1c1ccccn1. The largest absolute Gasteiger partial charge is 0.384 e. The summed E-state index contributed by atoms with van der Waals surface area (Å²) in [6.45, 7) is 2.87. The van der Waals surface area contributed by atoms with Crippen molar-refractivity contribution >= 4 is 0 Å². The fourth-order valence-corrected chi connectivity index (χ4v) is 2.06. The third kappa shape index (κ3) is 1.94. The Morgan fingerprint density at radius 1 is 1.50 bits per heavy atom. The van der Waals surface area contributed by atoms with E-state index < -0.39 is 0 Å². The van der Waals surface area contributed by atoms with Gasteiger partial charge < -0.3 is 10.1 Å². The highest BCUT2D eigenvalue weighted by molar-refractivity contribution is 5.13. The Bertz CT molecular complexity index is 276. The standard InChI is InChI=1S/C11H16N2O/c1-14-8-9-6-12-7-10(9)11-4-2-3-5-13-11/h2-5,9-10,12H,6-8H2,1H3/t9-,10+/m0/s1. The van der Waals surface area contributed by atoms with Crippen LogP contribution in [0.25, 0.3) is 0 Å². The van der Waals surface area contributed by atoms with Crippen LogP contribution in [0.1, 0.15) is 11.6 Å². The van der Waals surface area contributed by atoms with Crippen LogP contribution >= 0.6 is 0 Å². The lowest BCUT2D eigenvalue weighted by Gasteiger charge is -2.16. The van der Waals surface area contributed by atoms with E-state index in [4.69, 9.17) is 4.74 Å². The molecule has 3 heteroatoms. The number of nitrogens with one attached hydrogen (secondary N) is 1. The van der Waals surface area contributed by atoms with E-state index in [-0.39, 0.29) is 0 Å². The first-order valence-electron chi connectivity index (χ1n) is 5.02. The van der Waals surface area contributed by atoms with Crippen LogP contribution in [-0.2, 0) is 4.74 Å². The predicted molar refractivity (Wildman–Crippen MR) is 55.2 cm³/mol. The molecule has 2 heterocycles. The van der Waals surface area contributed by atoms with Gasteiger partial charge in [0.1, 0.15) is 0 Å². The van der Waals surface area contributed by atoms with Crippen LogP contribution in [0.3, 0.4) is 0 Å². The summed E-state index contributed by atoms with van der Waals surface area (Å²) in [5.74, 6) is 1.08. The van der Waals surface area contributed by atoms with Crippen molar-refractivity contribution in [2.45, 2.75) is 5.92 Å². The number of ether oxygens (including phenoxy) is 1. The van der Waals surface area contributed by atoms with Crippen LogP contribution in [0.2, 0.25) is 0 Å². The van der Waals surface area contributed by atoms with Crippen molar-refractivity contribution < 1.29 is 4.74 Å². The van der Waals surface area contributed by atoms with Gasteiger partial charge in [0.2, 0.25) is 0 Å². The number of aromatic nitrogens is 1. The van der Waals surface area contributed by atoms with E-state index in [1.807, 2.05) is 18.3 Å². The number of hydrogen-bond acceptors (Lipinski definition) is 3. The summed E-state index contributed by atoms with van der Waals surface area (Å²) in [5.41, 5.74) is 1.18. The molecule has 1 fully saturated rings. The van der Waals surface area contributed by atoms with E-state index >= 15 is 0 Å². The van der Waals surface area contributed by atoms with E-state index in [0.29, 0.717) is 11.8 Å². The fraction of sp³-hybridized carbons (Fsp3) is 0.545. The van der Waals surface area contributed by atoms with Gasteiger partial charge in [-0.3, -0.25) is 4.98 Å². The lowest BCUT2D eigenvalue weighted by Crippen LogP contribution is -2.17. The van der Waals surface area contributed by atoms with E-state index in [0.717, 1.165) is 19.7 Å². The van der Waals surface area contributed by atoms with Crippen LogP contribution in [0.4, 0.5) is 0 Å². The summed E-state index contributed by atoms with van der Waals surface area (Å²) >= 11 is 0. The van der Waals surface area contributed by atoms with Crippen molar-refractivity contribution in [3.05, 3.63) is 30.1 Å². The van der Waals surface area contributed by atoms with E-state index in [1.54, 1.807) is 7.11 Å². The van der Waals surface area contributed by atoms with Gasteiger partial charge in [0, 0.05) is 43.9 Å². The van der Waals surface area contributed by atoms with Gasteiger partial charge in [-0.25, -0.2) is 0 Å². The van der Waals surface area contributed by atoms with Gasteiger partial charge in [0.05, 0.1) is 6.61 Å². The minimum Gasteiger partial charge on any atom is -0.384 e. The lowest BCUT2D eigenvalue weighted by molar-refractivity contribution is 0.152. The fourth-order valence-electron chi connectivity index (χ4n) is 2.06. The number of rotatable bonds is 3. The summed E-state index contributed by atoms with van der Waals surface area (Å²) in [6.07, 6.45) is 1.86. The third-order valence-corrected chi connectivity index (χ3v) is 2.79. The van der Waals surface area contributed by atoms with Crippen LogP contribution in [-0.4, -0.2) is 31.8 Å². The average molecular weight is 192 g/mol. The molecular formula is C11H16N2O. The molecule has 1 saturated heterocycles. The van der Waals surface area contributed by atoms with E-state index in [9.17, 15) is 0 Å². The van der Waals surface area contributed by atoms with Gasteiger partial charge in [-0.15, -0.1) is 0 Å². The van der Waals surface area contributed by atoms with Crippen molar-refractivity contribution in [1.82, 2.24) is 10.3 Å². The summed E-state index contributed by atoms with van der Waals surface area (Å²) in [6, 6.07) is 6.10. The number of pyridine rings is 1. The molecule has 0 spiro atoms. The van der Waals surface area contributed by atoms with Crippen molar-refractivity contribution in [1.29, 1.82) is 0 Å². The number of hydrogen-bond donors (Lipinski definition) is 1. The number of methoxy groups -OCH3 is 1. The molecular weight excluding hydrogens is 176 g/mol. The Morgan fingerprint density at radius 2 is 2.43 bits per heavy atom. The summed E-state index contributed by atoms with van der Waals surface area (Å²) < 4.78 is 5.21. The zero-order valence-electron chi connectivity index (χ0n) is 8.44. The van der Waals surface area contributed by atoms with Crippen molar-refractivity contribution in [3.8, 4) is 0 Å². The summed E-state index contributed by atoms with van der Waals surface area (Å²) in [7, 11) is 1.76.